The first-order valence-electron chi connectivity index (χ1n) is 16.9. The highest BCUT2D eigenvalue weighted by molar-refractivity contribution is 5.91. The molecule has 0 aromatic rings. The first kappa shape index (κ1) is 30.0. The van der Waals surface area contributed by atoms with Crippen LogP contribution in [-0.2, 0) is 14.4 Å². The summed E-state index contributed by atoms with van der Waals surface area (Å²) in [6, 6.07) is 0. The Balaban J connectivity index is 1.65. The van der Waals surface area contributed by atoms with Crippen molar-refractivity contribution in [1.29, 1.82) is 0 Å². The van der Waals surface area contributed by atoms with Crippen LogP contribution in [0.4, 0.5) is 0 Å². The van der Waals surface area contributed by atoms with E-state index in [4.69, 9.17) is 0 Å². The number of Topliss-reactive ketones (excluding diaryl/α,β-unsaturated/α-hetero) is 3. The molecule has 4 rings (SSSR count). The van der Waals surface area contributed by atoms with Crippen molar-refractivity contribution in [3.05, 3.63) is 0 Å². The van der Waals surface area contributed by atoms with Crippen LogP contribution in [0.1, 0.15) is 156 Å². The van der Waals surface area contributed by atoms with Crippen LogP contribution in [0.5, 0.6) is 0 Å². The minimum Gasteiger partial charge on any atom is -0.299 e. The van der Waals surface area contributed by atoms with Gasteiger partial charge in [-0.15, -0.1) is 0 Å². The smallest absolute Gasteiger partial charge is 0.145 e. The fourth-order valence-corrected chi connectivity index (χ4v) is 10.0. The third kappa shape index (κ3) is 5.88. The van der Waals surface area contributed by atoms with Gasteiger partial charge in [-0.05, 0) is 101 Å². The molecule has 0 spiro atoms. The Morgan fingerprint density at radius 1 is 0.474 bits per heavy atom. The maximum absolute atomic E-state index is 15.5. The van der Waals surface area contributed by atoms with Gasteiger partial charge in [-0.3, -0.25) is 14.4 Å². The SMILES string of the molecule is CCC(=O)[C@H]1CC[C@H](C(C)(C(=O)C(C)(C2CCCCC2)[C@H]2CC[C@H](C(=O)CC)CC2)C2CCCCC2)CC1. The van der Waals surface area contributed by atoms with Gasteiger partial charge in [0.2, 0.25) is 0 Å². The summed E-state index contributed by atoms with van der Waals surface area (Å²) in [6.45, 7) is 8.82. The Morgan fingerprint density at radius 3 is 1.05 bits per heavy atom. The second-order valence-corrected chi connectivity index (χ2v) is 14.3. The van der Waals surface area contributed by atoms with E-state index in [1.807, 2.05) is 13.8 Å². The van der Waals surface area contributed by atoms with Crippen molar-refractivity contribution in [2.24, 2.45) is 46.3 Å². The second-order valence-electron chi connectivity index (χ2n) is 14.3. The fourth-order valence-electron chi connectivity index (χ4n) is 10.0. The van der Waals surface area contributed by atoms with Gasteiger partial charge in [-0.1, -0.05) is 66.2 Å². The zero-order chi connectivity index (χ0) is 27.3. The lowest BCUT2D eigenvalue weighted by Crippen LogP contribution is -2.56. The molecule has 4 saturated carbocycles. The van der Waals surface area contributed by atoms with Gasteiger partial charge in [0.05, 0.1) is 0 Å². The molecule has 216 valence electrons. The van der Waals surface area contributed by atoms with Crippen molar-refractivity contribution in [3.63, 3.8) is 0 Å². The molecule has 0 bridgehead atoms. The van der Waals surface area contributed by atoms with E-state index in [-0.39, 0.29) is 22.7 Å². The van der Waals surface area contributed by atoms with Crippen LogP contribution in [0.2, 0.25) is 0 Å². The summed E-state index contributed by atoms with van der Waals surface area (Å²) in [5, 5.41) is 0. The summed E-state index contributed by atoms with van der Waals surface area (Å²) < 4.78 is 0. The summed E-state index contributed by atoms with van der Waals surface area (Å²) in [5.74, 6) is 3.73. The molecule has 0 heterocycles. The highest BCUT2D eigenvalue weighted by atomic mass is 16.1. The largest absolute Gasteiger partial charge is 0.299 e. The Bertz CT molecular complexity index is 737. The van der Waals surface area contributed by atoms with Crippen molar-refractivity contribution in [1.82, 2.24) is 0 Å². The third-order valence-electron chi connectivity index (χ3n) is 12.6. The minimum absolute atomic E-state index is 0.220. The number of hydrogen-bond acceptors (Lipinski definition) is 3. The molecular formula is C35H58O3. The molecule has 0 amide bonds. The van der Waals surface area contributed by atoms with Crippen LogP contribution in [0, 0.1) is 46.3 Å². The highest BCUT2D eigenvalue weighted by Crippen LogP contribution is 2.59. The van der Waals surface area contributed by atoms with Gasteiger partial charge in [0, 0.05) is 35.5 Å². The lowest BCUT2D eigenvalue weighted by Gasteiger charge is -2.55. The molecule has 3 nitrogen and oxygen atoms in total. The maximum Gasteiger partial charge on any atom is 0.145 e. The van der Waals surface area contributed by atoms with E-state index >= 15 is 4.79 Å². The molecule has 38 heavy (non-hydrogen) atoms. The van der Waals surface area contributed by atoms with Gasteiger partial charge >= 0.3 is 0 Å². The number of carbonyl (C=O) groups is 3. The highest BCUT2D eigenvalue weighted by Gasteiger charge is 2.58. The maximum atomic E-state index is 15.5. The van der Waals surface area contributed by atoms with Crippen LogP contribution >= 0.6 is 0 Å². The number of carbonyl (C=O) groups excluding carboxylic acids is 3. The van der Waals surface area contributed by atoms with E-state index in [1.54, 1.807) is 0 Å². The quantitative estimate of drug-likeness (QED) is 0.285. The topological polar surface area (TPSA) is 51.2 Å². The predicted octanol–water partition coefficient (Wildman–Crippen LogP) is 9.30. The molecule has 4 aliphatic rings. The van der Waals surface area contributed by atoms with Crippen LogP contribution in [0.25, 0.3) is 0 Å². The molecule has 0 aromatic heterocycles. The normalized spacial score (nSPS) is 33.2. The third-order valence-corrected chi connectivity index (χ3v) is 12.6. The Hall–Kier alpha value is -0.990. The van der Waals surface area contributed by atoms with Crippen LogP contribution in [0.3, 0.4) is 0 Å². The molecule has 2 unspecified atom stereocenters. The summed E-state index contributed by atoms with van der Waals surface area (Å²) in [5.41, 5.74) is -0.550. The van der Waals surface area contributed by atoms with Crippen LogP contribution < -0.4 is 0 Å². The fraction of sp³-hybridized carbons (Fsp3) is 0.914. The first-order chi connectivity index (χ1) is 18.3. The summed E-state index contributed by atoms with van der Waals surface area (Å²) >= 11 is 0. The Kier molecular flexibility index (Phi) is 10.3. The standard InChI is InChI=1S/C35H58O3/c1-5-31(36)25-17-21-29(22-18-25)34(3,27-13-9-7-10-14-27)33(38)35(4,28-15-11-8-12-16-28)30-23-19-26(20-24-30)32(37)6-2/h25-30H,5-24H2,1-4H3/t25-,26-,29-,30-,34?,35?. The van der Waals surface area contributed by atoms with Crippen molar-refractivity contribution < 1.29 is 14.4 Å². The van der Waals surface area contributed by atoms with Gasteiger partial charge in [0.25, 0.3) is 0 Å². The van der Waals surface area contributed by atoms with E-state index in [0.717, 1.165) is 51.4 Å². The van der Waals surface area contributed by atoms with Gasteiger partial charge in [0.1, 0.15) is 17.3 Å². The van der Waals surface area contributed by atoms with Gasteiger partial charge in [-0.25, -0.2) is 0 Å². The molecule has 0 aliphatic heterocycles. The van der Waals surface area contributed by atoms with E-state index in [9.17, 15) is 9.59 Å². The molecule has 0 aromatic carbocycles. The number of hydrogen-bond donors (Lipinski definition) is 0. The zero-order valence-corrected chi connectivity index (χ0v) is 25.3. The Morgan fingerprint density at radius 2 is 0.763 bits per heavy atom. The van der Waals surface area contributed by atoms with Crippen LogP contribution in [-0.4, -0.2) is 17.3 Å². The second kappa shape index (κ2) is 13.1. The first-order valence-corrected chi connectivity index (χ1v) is 16.9. The minimum atomic E-state index is -0.275. The summed E-state index contributed by atoms with van der Waals surface area (Å²) in [4.78, 5) is 40.6. The molecule has 2 atom stereocenters. The average Bonchev–Trinajstić information content (AvgIpc) is 3.00. The number of rotatable bonds is 10. The zero-order valence-electron chi connectivity index (χ0n) is 25.3. The van der Waals surface area contributed by atoms with Crippen molar-refractivity contribution >= 4 is 17.3 Å². The molecule has 3 heteroatoms. The lowest BCUT2D eigenvalue weighted by atomic mass is 9.47. The van der Waals surface area contributed by atoms with E-state index < -0.39 is 0 Å². The van der Waals surface area contributed by atoms with Crippen molar-refractivity contribution in [3.8, 4) is 0 Å². The predicted molar refractivity (Wildman–Crippen MR) is 156 cm³/mol. The van der Waals surface area contributed by atoms with E-state index in [2.05, 4.69) is 13.8 Å². The Labute approximate surface area is 234 Å². The molecule has 4 aliphatic carbocycles. The van der Waals surface area contributed by atoms with E-state index in [1.165, 1.54) is 64.2 Å². The molecule has 0 saturated heterocycles. The van der Waals surface area contributed by atoms with Crippen molar-refractivity contribution in [2.75, 3.05) is 0 Å². The van der Waals surface area contributed by atoms with Gasteiger partial charge < -0.3 is 0 Å². The van der Waals surface area contributed by atoms with Crippen LogP contribution in [0.15, 0.2) is 0 Å². The van der Waals surface area contributed by atoms with Crippen molar-refractivity contribution in [2.45, 2.75) is 156 Å². The summed E-state index contributed by atoms with van der Waals surface area (Å²) in [6.07, 6.45) is 21.9. The average molecular weight is 527 g/mol. The molecule has 4 fully saturated rings. The molecule has 0 radical (unpaired) electrons. The molecule has 0 N–H and O–H groups in total. The lowest BCUT2D eigenvalue weighted by molar-refractivity contribution is -0.158. The molecular weight excluding hydrogens is 468 g/mol. The monoisotopic (exact) mass is 526 g/mol. The van der Waals surface area contributed by atoms with Gasteiger partial charge in [0.15, 0.2) is 0 Å². The number of ketones is 3. The van der Waals surface area contributed by atoms with E-state index in [0.29, 0.717) is 53.9 Å². The summed E-state index contributed by atoms with van der Waals surface area (Å²) in [7, 11) is 0. The van der Waals surface area contributed by atoms with Gasteiger partial charge in [-0.2, -0.15) is 0 Å².